The average molecular weight is 221 g/mol. The predicted molar refractivity (Wildman–Crippen MR) is 51.6 cm³/mol. The maximum atomic E-state index is 11.4. The Hall–Kier alpha value is -0.690. The molecule has 0 aromatic carbocycles. The number of sulfone groups is 1. The Balaban J connectivity index is 3.31. The van der Waals surface area contributed by atoms with Crippen molar-refractivity contribution in [3.63, 3.8) is 0 Å². The number of aromatic amines is 2. The van der Waals surface area contributed by atoms with E-state index in [1.165, 1.54) is 6.26 Å². The Morgan fingerprint density at radius 3 is 2.23 bits per heavy atom. The van der Waals surface area contributed by atoms with Crippen molar-refractivity contribution < 1.29 is 8.42 Å². The maximum absolute atomic E-state index is 11.4. The van der Waals surface area contributed by atoms with Crippen LogP contribution in [0.1, 0.15) is 19.7 Å². The van der Waals surface area contributed by atoms with Crippen molar-refractivity contribution in [3.8, 4) is 0 Å². The van der Waals surface area contributed by atoms with E-state index in [2.05, 4.69) is 15.2 Å². The lowest BCUT2D eigenvalue weighted by Gasteiger charge is -2.18. The molecule has 7 heteroatoms. The molecule has 0 aliphatic rings. The summed E-state index contributed by atoms with van der Waals surface area (Å²) in [6.07, 6.45) is 1.17. The quantitative estimate of drug-likeness (QED) is 0.722. The summed E-state index contributed by atoms with van der Waals surface area (Å²) in [6.45, 7) is 3.15. The first-order valence-corrected chi connectivity index (χ1v) is 5.90. The van der Waals surface area contributed by atoms with Gasteiger partial charge in [0, 0.05) is 6.26 Å². The third-order valence-corrected chi connectivity index (χ3v) is 4.24. The second-order valence-corrected chi connectivity index (χ2v) is 6.25. The van der Waals surface area contributed by atoms with E-state index in [-0.39, 0.29) is 4.77 Å². The zero-order chi connectivity index (χ0) is 10.3. The third kappa shape index (κ3) is 1.80. The van der Waals surface area contributed by atoms with Gasteiger partial charge in [-0.05, 0) is 26.1 Å². The highest BCUT2D eigenvalue weighted by atomic mass is 32.2. The van der Waals surface area contributed by atoms with E-state index in [9.17, 15) is 8.42 Å². The predicted octanol–water partition coefficient (Wildman–Crippen LogP) is 0.747. The zero-order valence-electron chi connectivity index (χ0n) is 7.58. The molecule has 1 aromatic heterocycles. The van der Waals surface area contributed by atoms with Crippen LogP contribution in [0.3, 0.4) is 0 Å². The first-order chi connectivity index (χ1) is 5.75. The number of nitrogens with zero attached hydrogens (tertiary/aromatic N) is 1. The van der Waals surface area contributed by atoms with Gasteiger partial charge in [-0.15, -0.1) is 0 Å². The van der Waals surface area contributed by atoms with Crippen molar-refractivity contribution in [2.45, 2.75) is 18.6 Å². The van der Waals surface area contributed by atoms with Crippen LogP contribution in [-0.4, -0.2) is 29.9 Å². The molecule has 0 aliphatic carbocycles. The standard InChI is InChI=1S/C6H11N3O2S2/c1-6(2,13(3,10)11)4-7-5(12)9-8-4/h1-3H3,(H2,7,8,9,12). The summed E-state index contributed by atoms with van der Waals surface area (Å²) in [5.74, 6) is 0.333. The highest BCUT2D eigenvalue weighted by Crippen LogP contribution is 2.24. The van der Waals surface area contributed by atoms with Crippen LogP contribution in [0.15, 0.2) is 0 Å². The molecule has 0 saturated carbocycles. The van der Waals surface area contributed by atoms with Gasteiger partial charge < -0.3 is 0 Å². The van der Waals surface area contributed by atoms with Gasteiger partial charge in [-0.2, -0.15) is 0 Å². The summed E-state index contributed by atoms with van der Waals surface area (Å²) in [5.41, 5.74) is 0. The van der Waals surface area contributed by atoms with Crippen LogP contribution in [-0.2, 0) is 14.6 Å². The molecule has 0 fully saturated rings. The first-order valence-electron chi connectivity index (χ1n) is 3.60. The molecule has 0 atom stereocenters. The largest absolute Gasteiger partial charge is 0.284 e. The molecule has 74 valence electrons. The molecule has 1 heterocycles. The second-order valence-electron chi connectivity index (χ2n) is 3.30. The Morgan fingerprint density at radius 2 is 1.92 bits per heavy atom. The summed E-state index contributed by atoms with van der Waals surface area (Å²) in [5, 5.41) is 5.19. The van der Waals surface area contributed by atoms with Crippen LogP contribution in [0, 0.1) is 4.77 Å². The summed E-state index contributed by atoms with van der Waals surface area (Å²) in [7, 11) is -3.20. The van der Waals surface area contributed by atoms with Gasteiger partial charge in [-0.1, -0.05) is 0 Å². The second kappa shape index (κ2) is 2.91. The van der Waals surface area contributed by atoms with E-state index in [1.807, 2.05) is 0 Å². The smallest absolute Gasteiger partial charge is 0.213 e. The minimum absolute atomic E-state index is 0.256. The molecule has 0 radical (unpaired) electrons. The molecule has 0 saturated heterocycles. The Labute approximate surface area is 81.5 Å². The van der Waals surface area contributed by atoms with Crippen LogP contribution in [0.5, 0.6) is 0 Å². The number of nitrogens with one attached hydrogen (secondary N) is 2. The molecule has 5 nitrogen and oxygen atoms in total. The van der Waals surface area contributed by atoms with Crippen molar-refractivity contribution in [3.05, 3.63) is 10.6 Å². The SMILES string of the molecule is CC(C)(c1nc(=S)[nH][nH]1)S(C)(=O)=O. The van der Waals surface area contributed by atoms with Crippen LogP contribution < -0.4 is 0 Å². The molecule has 13 heavy (non-hydrogen) atoms. The van der Waals surface area contributed by atoms with E-state index < -0.39 is 14.6 Å². The molecule has 0 amide bonds. The van der Waals surface area contributed by atoms with Crippen molar-refractivity contribution >= 4 is 22.1 Å². The number of aromatic nitrogens is 3. The monoisotopic (exact) mass is 221 g/mol. The Kier molecular flexibility index (Phi) is 2.33. The highest BCUT2D eigenvalue weighted by molar-refractivity contribution is 7.91. The van der Waals surface area contributed by atoms with E-state index in [4.69, 9.17) is 12.2 Å². The summed E-state index contributed by atoms with van der Waals surface area (Å²) in [4.78, 5) is 3.87. The molecule has 1 aromatic rings. The molecule has 0 unspecified atom stereocenters. The molecular formula is C6H11N3O2S2. The van der Waals surface area contributed by atoms with Crippen molar-refractivity contribution in [2.75, 3.05) is 6.26 Å². The summed E-state index contributed by atoms with van der Waals surface area (Å²) >= 11 is 4.73. The van der Waals surface area contributed by atoms with Gasteiger partial charge in [0.05, 0.1) is 0 Å². The minimum Gasteiger partial charge on any atom is -0.284 e. The fraction of sp³-hybridized carbons (Fsp3) is 0.667. The first kappa shape index (κ1) is 10.4. The van der Waals surface area contributed by atoms with Gasteiger partial charge in [0.15, 0.2) is 9.84 Å². The Morgan fingerprint density at radius 1 is 1.38 bits per heavy atom. The number of H-pyrrole nitrogens is 2. The lowest BCUT2D eigenvalue weighted by Crippen LogP contribution is -2.29. The van der Waals surface area contributed by atoms with Crippen molar-refractivity contribution in [2.24, 2.45) is 0 Å². The molecule has 0 bridgehead atoms. The van der Waals surface area contributed by atoms with Crippen LogP contribution in [0.25, 0.3) is 0 Å². The molecular weight excluding hydrogens is 210 g/mol. The number of hydrogen-bond acceptors (Lipinski definition) is 4. The third-order valence-electron chi connectivity index (χ3n) is 2.00. The van der Waals surface area contributed by atoms with Crippen molar-refractivity contribution in [1.82, 2.24) is 15.2 Å². The van der Waals surface area contributed by atoms with Gasteiger partial charge in [-0.3, -0.25) is 10.2 Å². The molecule has 1 rings (SSSR count). The summed E-state index contributed by atoms with van der Waals surface area (Å²) < 4.78 is 21.9. The maximum Gasteiger partial charge on any atom is 0.213 e. The number of hydrogen-bond donors (Lipinski definition) is 2. The minimum atomic E-state index is -3.20. The molecule has 0 aliphatic heterocycles. The van der Waals surface area contributed by atoms with E-state index in [0.717, 1.165) is 0 Å². The average Bonchev–Trinajstić information content (AvgIpc) is 2.33. The lowest BCUT2D eigenvalue weighted by molar-refractivity contribution is 0.551. The number of rotatable bonds is 2. The van der Waals surface area contributed by atoms with Gasteiger partial charge in [-0.25, -0.2) is 13.4 Å². The van der Waals surface area contributed by atoms with Crippen LogP contribution >= 0.6 is 12.2 Å². The fourth-order valence-corrected chi connectivity index (χ4v) is 1.32. The van der Waals surface area contributed by atoms with E-state index in [1.54, 1.807) is 13.8 Å². The van der Waals surface area contributed by atoms with Crippen LogP contribution in [0.2, 0.25) is 0 Å². The van der Waals surface area contributed by atoms with Crippen LogP contribution in [0.4, 0.5) is 0 Å². The van der Waals surface area contributed by atoms with Gasteiger partial charge >= 0.3 is 0 Å². The van der Waals surface area contributed by atoms with E-state index >= 15 is 0 Å². The molecule has 2 N–H and O–H groups in total. The van der Waals surface area contributed by atoms with Crippen molar-refractivity contribution in [1.29, 1.82) is 0 Å². The normalized spacial score (nSPS) is 13.2. The van der Waals surface area contributed by atoms with Gasteiger partial charge in [0.2, 0.25) is 4.77 Å². The van der Waals surface area contributed by atoms with E-state index in [0.29, 0.717) is 5.82 Å². The highest BCUT2D eigenvalue weighted by Gasteiger charge is 2.35. The fourth-order valence-electron chi connectivity index (χ4n) is 0.731. The Bertz CT molecular complexity index is 454. The van der Waals surface area contributed by atoms with Gasteiger partial charge in [0.1, 0.15) is 10.6 Å². The summed E-state index contributed by atoms with van der Waals surface area (Å²) in [6, 6.07) is 0. The topological polar surface area (TPSA) is 78.6 Å². The van der Waals surface area contributed by atoms with Gasteiger partial charge in [0.25, 0.3) is 0 Å². The molecule has 0 spiro atoms. The lowest BCUT2D eigenvalue weighted by atomic mass is 10.2. The zero-order valence-corrected chi connectivity index (χ0v) is 9.21.